The highest BCUT2D eigenvalue weighted by Gasteiger charge is 2.27. The highest BCUT2D eigenvalue weighted by atomic mass is 16.6. The maximum Gasteiger partial charge on any atom is 0.306 e. The third kappa shape index (κ3) is 2.74. The van der Waals surface area contributed by atoms with Crippen molar-refractivity contribution in [3.8, 4) is 12.3 Å². The molecule has 0 spiro atoms. The Bertz CT molecular complexity index is 211. The molecular weight excluding hydrogens is 168 g/mol. The predicted molar refractivity (Wildman–Crippen MR) is 46.8 cm³/mol. The van der Waals surface area contributed by atoms with Gasteiger partial charge in [-0.2, -0.15) is 0 Å². The van der Waals surface area contributed by atoms with E-state index in [0.29, 0.717) is 6.42 Å². The van der Waals surface area contributed by atoms with Gasteiger partial charge in [-0.1, -0.05) is 12.8 Å². The second-order valence-corrected chi connectivity index (χ2v) is 2.55. The predicted octanol–water partition coefficient (Wildman–Crippen LogP) is 0.911. The smallest absolute Gasteiger partial charge is 0.306 e. The van der Waals surface area contributed by atoms with Crippen LogP contribution in [0.2, 0.25) is 0 Å². The molecule has 0 aliphatic carbocycles. The van der Waals surface area contributed by atoms with Gasteiger partial charge in [0.1, 0.15) is 6.10 Å². The molecule has 0 N–H and O–H groups in total. The molecule has 1 heterocycles. The Morgan fingerprint density at radius 1 is 1.85 bits per heavy atom. The van der Waals surface area contributed by atoms with Gasteiger partial charge in [-0.25, -0.2) is 0 Å². The van der Waals surface area contributed by atoms with Crippen molar-refractivity contribution in [2.45, 2.75) is 25.6 Å². The van der Waals surface area contributed by atoms with Crippen LogP contribution in [-0.2, 0) is 14.3 Å². The van der Waals surface area contributed by atoms with Crippen LogP contribution in [0.5, 0.6) is 0 Å². The number of terminal acetylenes is 1. The molecule has 2 atom stereocenters. The SMILES string of the molecule is C#C[C@H](OC(=O)CC)[C@H]1[CH][CH][CH]O1. The zero-order valence-corrected chi connectivity index (χ0v) is 7.40. The number of hydrogen-bond donors (Lipinski definition) is 0. The monoisotopic (exact) mass is 179 g/mol. The summed E-state index contributed by atoms with van der Waals surface area (Å²) in [6, 6.07) is 0. The molecule has 1 saturated heterocycles. The van der Waals surface area contributed by atoms with Crippen molar-refractivity contribution in [2.75, 3.05) is 0 Å². The van der Waals surface area contributed by atoms with E-state index in [2.05, 4.69) is 5.92 Å². The van der Waals surface area contributed by atoms with Gasteiger partial charge in [-0.05, 0) is 6.42 Å². The Labute approximate surface area is 78.4 Å². The quantitative estimate of drug-likeness (QED) is 0.477. The molecule has 0 unspecified atom stereocenters. The number of carbonyl (C=O) groups excluding carboxylic acids is 1. The Morgan fingerprint density at radius 3 is 3.08 bits per heavy atom. The van der Waals surface area contributed by atoms with Crippen molar-refractivity contribution in [1.82, 2.24) is 0 Å². The van der Waals surface area contributed by atoms with Crippen LogP contribution in [0.1, 0.15) is 13.3 Å². The largest absolute Gasteiger partial charge is 0.446 e. The molecule has 3 heteroatoms. The zero-order valence-electron chi connectivity index (χ0n) is 7.40. The van der Waals surface area contributed by atoms with Crippen LogP contribution in [0.15, 0.2) is 0 Å². The van der Waals surface area contributed by atoms with E-state index in [4.69, 9.17) is 15.9 Å². The summed E-state index contributed by atoms with van der Waals surface area (Å²) in [4.78, 5) is 10.9. The first-order valence-corrected chi connectivity index (χ1v) is 4.09. The molecular formula is C10H11O3. The maximum absolute atomic E-state index is 10.9. The lowest BCUT2D eigenvalue weighted by Crippen LogP contribution is -2.29. The van der Waals surface area contributed by atoms with Crippen molar-refractivity contribution in [3.63, 3.8) is 0 Å². The highest BCUT2D eigenvalue weighted by Crippen LogP contribution is 2.18. The maximum atomic E-state index is 10.9. The first kappa shape index (κ1) is 10.1. The van der Waals surface area contributed by atoms with Crippen LogP contribution >= 0.6 is 0 Å². The molecule has 0 bridgehead atoms. The second kappa shape index (κ2) is 4.88. The van der Waals surface area contributed by atoms with Crippen molar-refractivity contribution in [1.29, 1.82) is 0 Å². The topological polar surface area (TPSA) is 35.5 Å². The molecule has 1 aliphatic heterocycles. The van der Waals surface area contributed by atoms with E-state index < -0.39 is 6.10 Å². The molecule has 0 aromatic rings. The first-order valence-electron chi connectivity index (χ1n) is 4.09. The average molecular weight is 179 g/mol. The van der Waals surface area contributed by atoms with Crippen LogP contribution < -0.4 is 0 Å². The third-order valence-electron chi connectivity index (χ3n) is 1.62. The van der Waals surface area contributed by atoms with E-state index in [1.807, 2.05) is 0 Å². The molecule has 1 rings (SSSR count). The van der Waals surface area contributed by atoms with E-state index in [1.165, 1.54) is 6.61 Å². The standard InChI is InChI=1S/C10H11O3/c1-3-8(13-10(11)4-2)9-6-5-7-12-9/h1,5-9H,4H2,2H3/t8-,9+/m0/s1. The summed E-state index contributed by atoms with van der Waals surface area (Å²) < 4.78 is 10.1. The van der Waals surface area contributed by atoms with Crippen LogP contribution in [0.3, 0.4) is 0 Å². The lowest BCUT2D eigenvalue weighted by Gasteiger charge is -2.17. The Hall–Kier alpha value is -1.01. The molecule has 0 aromatic carbocycles. The number of carbonyl (C=O) groups is 1. The first-order chi connectivity index (χ1) is 6.27. The molecule has 1 aliphatic rings. The lowest BCUT2D eigenvalue weighted by atomic mass is 10.1. The summed E-state index contributed by atoms with van der Waals surface area (Å²) >= 11 is 0. The third-order valence-corrected chi connectivity index (χ3v) is 1.62. The summed E-state index contributed by atoms with van der Waals surface area (Å²) in [6.45, 7) is 3.24. The fraction of sp³-hybridized carbons (Fsp3) is 0.400. The number of hydrogen-bond acceptors (Lipinski definition) is 3. The minimum Gasteiger partial charge on any atom is -0.446 e. The molecule has 69 valence electrons. The number of esters is 1. The van der Waals surface area contributed by atoms with Crippen molar-refractivity contribution in [2.24, 2.45) is 0 Å². The summed E-state index contributed by atoms with van der Waals surface area (Å²) in [5.74, 6) is 2.06. The average Bonchev–Trinajstić information content (AvgIpc) is 2.66. The van der Waals surface area contributed by atoms with Gasteiger partial charge in [-0.3, -0.25) is 4.79 Å². The Morgan fingerprint density at radius 2 is 2.62 bits per heavy atom. The normalized spacial score (nSPS) is 23.5. The molecule has 0 amide bonds. The molecule has 13 heavy (non-hydrogen) atoms. The minimum atomic E-state index is -0.623. The van der Waals surface area contributed by atoms with Gasteiger partial charge in [0.25, 0.3) is 0 Å². The van der Waals surface area contributed by atoms with Crippen LogP contribution in [-0.4, -0.2) is 18.2 Å². The Kier molecular flexibility index (Phi) is 3.78. The van der Waals surface area contributed by atoms with Gasteiger partial charge in [0.05, 0.1) is 6.61 Å². The minimum absolute atomic E-state index is 0.313. The fourth-order valence-electron chi connectivity index (χ4n) is 0.929. The lowest BCUT2D eigenvalue weighted by molar-refractivity contribution is -0.149. The van der Waals surface area contributed by atoms with Gasteiger partial charge in [0.15, 0.2) is 6.10 Å². The van der Waals surface area contributed by atoms with Gasteiger partial charge in [0.2, 0.25) is 0 Å². The van der Waals surface area contributed by atoms with Crippen molar-refractivity contribution < 1.29 is 14.3 Å². The molecule has 3 nitrogen and oxygen atoms in total. The van der Waals surface area contributed by atoms with Crippen molar-refractivity contribution >= 4 is 5.97 Å². The Balaban J connectivity index is 2.43. The summed E-state index contributed by atoms with van der Waals surface area (Å²) in [7, 11) is 0. The van der Waals surface area contributed by atoms with E-state index in [1.54, 1.807) is 19.8 Å². The van der Waals surface area contributed by atoms with Gasteiger partial charge >= 0.3 is 5.97 Å². The molecule has 3 radical (unpaired) electrons. The van der Waals surface area contributed by atoms with Crippen LogP contribution in [0.25, 0.3) is 0 Å². The molecule has 0 saturated carbocycles. The van der Waals surface area contributed by atoms with E-state index in [9.17, 15) is 4.79 Å². The number of rotatable bonds is 3. The second-order valence-electron chi connectivity index (χ2n) is 2.55. The fourth-order valence-corrected chi connectivity index (χ4v) is 0.929. The van der Waals surface area contributed by atoms with Crippen LogP contribution in [0.4, 0.5) is 0 Å². The van der Waals surface area contributed by atoms with E-state index in [0.717, 1.165) is 0 Å². The zero-order chi connectivity index (χ0) is 9.68. The van der Waals surface area contributed by atoms with E-state index >= 15 is 0 Å². The summed E-state index contributed by atoms with van der Waals surface area (Å²) in [6.07, 6.45) is 8.05. The highest BCUT2D eigenvalue weighted by molar-refractivity contribution is 5.69. The van der Waals surface area contributed by atoms with Crippen LogP contribution in [0, 0.1) is 31.8 Å². The summed E-state index contributed by atoms with van der Waals surface area (Å²) in [5.41, 5.74) is 0. The number of ether oxygens (including phenoxy) is 2. The van der Waals surface area contributed by atoms with E-state index in [-0.39, 0.29) is 12.1 Å². The van der Waals surface area contributed by atoms with Gasteiger partial charge in [0, 0.05) is 12.8 Å². The van der Waals surface area contributed by atoms with Gasteiger partial charge < -0.3 is 9.47 Å². The molecule has 0 aromatic heterocycles. The van der Waals surface area contributed by atoms with Gasteiger partial charge in [-0.15, -0.1) is 6.42 Å². The molecule has 1 fully saturated rings. The van der Waals surface area contributed by atoms with Crippen molar-refractivity contribution in [3.05, 3.63) is 19.4 Å². The summed E-state index contributed by atoms with van der Waals surface area (Å²) in [5, 5.41) is 0.